The van der Waals surface area contributed by atoms with Gasteiger partial charge in [-0.1, -0.05) is 6.42 Å². The Morgan fingerprint density at radius 3 is 2.40 bits per heavy atom. The van der Waals surface area contributed by atoms with Crippen LogP contribution >= 0.6 is 0 Å². The third kappa shape index (κ3) is 2.60. The number of fused-ring (bicyclic) bond motifs is 2. The summed E-state index contributed by atoms with van der Waals surface area (Å²) in [7, 11) is 0. The standard InChI is InChI=1S/C16H29N3O/c17-10-14-6-1-2-7-19(14)16(20)13-8-11-4-3-5-12(9-13)15(11)18/h11-15H,1-10,17-18H2. The second-order valence-electron chi connectivity index (χ2n) is 7.11. The van der Waals surface area contributed by atoms with Crippen LogP contribution in [0.3, 0.4) is 0 Å². The molecule has 0 aromatic heterocycles. The molecule has 4 nitrogen and oxygen atoms in total. The third-order valence-electron chi connectivity index (χ3n) is 5.94. The number of amides is 1. The number of carbonyl (C=O) groups excluding carboxylic acids is 1. The lowest BCUT2D eigenvalue weighted by Crippen LogP contribution is -2.53. The summed E-state index contributed by atoms with van der Waals surface area (Å²) in [4.78, 5) is 15.0. The number of hydrogen-bond donors (Lipinski definition) is 2. The van der Waals surface area contributed by atoms with Gasteiger partial charge in [-0.2, -0.15) is 0 Å². The second kappa shape index (κ2) is 6.02. The lowest BCUT2D eigenvalue weighted by atomic mass is 9.64. The number of hydrogen-bond acceptors (Lipinski definition) is 3. The van der Waals surface area contributed by atoms with Crippen molar-refractivity contribution in [2.75, 3.05) is 13.1 Å². The van der Waals surface area contributed by atoms with Gasteiger partial charge in [-0.15, -0.1) is 0 Å². The molecule has 0 spiro atoms. The zero-order valence-corrected chi connectivity index (χ0v) is 12.5. The van der Waals surface area contributed by atoms with E-state index in [2.05, 4.69) is 4.90 Å². The van der Waals surface area contributed by atoms with Gasteiger partial charge in [0, 0.05) is 31.1 Å². The number of rotatable bonds is 2. The molecule has 0 radical (unpaired) electrons. The summed E-state index contributed by atoms with van der Waals surface area (Å²) in [6, 6.07) is 0.631. The van der Waals surface area contributed by atoms with Crippen molar-refractivity contribution < 1.29 is 4.79 Å². The SMILES string of the molecule is NCC1CCCCN1C(=O)C1CC2CCCC(C1)C2N. The van der Waals surface area contributed by atoms with Crippen molar-refractivity contribution in [3.05, 3.63) is 0 Å². The van der Waals surface area contributed by atoms with E-state index in [1.54, 1.807) is 0 Å². The summed E-state index contributed by atoms with van der Waals surface area (Å²) < 4.78 is 0. The van der Waals surface area contributed by atoms with Crippen LogP contribution in [-0.2, 0) is 4.79 Å². The molecule has 0 aromatic carbocycles. The molecule has 1 amide bonds. The molecule has 114 valence electrons. The molecule has 4 heteroatoms. The molecule has 20 heavy (non-hydrogen) atoms. The van der Waals surface area contributed by atoms with Crippen molar-refractivity contribution in [3.63, 3.8) is 0 Å². The van der Waals surface area contributed by atoms with Crippen LogP contribution in [-0.4, -0.2) is 36.0 Å². The van der Waals surface area contributed by atoms with Crippen molar-refractivity contribution >= 4 is 5.91 Å². The molecular weight excluding hydrogens is 250 g/mol. The highest BCUT2D eigenvalue weighted by Crippen LogP contribution is 2.42. The lowest BCUT2D eigenvalue weighted by molar-refractivity contribution is -0.142. The smallest absolute Gasteiger partial charge is 0.225 e. The zero-order chi connectivity index (χ0) is 14.1. The van der Waals surface area contributed by atoms with Gasteiger partial charge in [0.05, 0.1) is 0 Å². The molecule has 1 saturated heterocycles. The number of piperidine rings is 1. The normalized spacial score (nSPS) is 41.5. The summed E-state index contributed by atoms with van der Waals surface area (Å²) in [6.07, 6.45) is 9.23. The maximum atomic E-state index is 12.9. The first kappa shape index (κ1) is 14.3. The fraction of sp³-hybridized carbons (Fsp3) is 0.938. The largest absolute Gasteiger partial charge is 0.338 e. The predicted molar refractivity (Wildman–Crippen MR) is 79.9 cm³/mol. The van der Waals surface area contributed by atoms with E-state index in [0.29, 0.717) is 30.3 Å². The Morgan fingerprint density at radius 2 is 1.75 bits per heavy atom. The van der Waals surface area contributed by atoms with Crippen molar-refractivity contribution in [1.82, 2.24) is 4.90 Å². The van der Waals surface area contributed by atoms with E-state index in [0.717, 1.165) is 32.2 Å². The fourth-order valence-corrected chi connectivity index (χ4v) is 4.76. The molecule has 2 bridgehead atoms. The van der Waals surface area contributed by atoms with Gasteiger partial charge >= 0.3 is 0 Å². The third-order valence-corrected chi connectivity index (χ3v) is 5.94. The molecule has 1 heterocycles. The average molecular weight is 279 g/mol. The van der Waals surface area contributed by atoms with Crippen LogP contribution in [0.4, 0.5) is 0 Å². The Labute approximate surface area is 122 Å². The highest BCUT2D eigenvalue weighted by atomic mass is 16.2. The molecule has 0 aromatic rings. The van der Waals surface area contributed by atoms with E-state index < -0.39 is 0 Å². The first-order valence-electron chi connectivity index (χ1n) is 8.47. The number of carbonyl (C=O) groups is 1. The van der Waals surface area contributed by atoms with E-state index in [9.17, 15) is 4.79 Å². The van der Waals surface area contributed by atoms with Crippen LogP contribution in [0.5, 0.6) is 0 Å². The zero-order valence-electron chi connectivity index (χ0n) is 12.5. The van der Waals surface area contributed by atoms with Gasteiger partial charge in [0.1, 0.15) is 0 Å². The molecule has 3 rings (SSSR count). The minimum atomic E-state index is 0.220. The van der Waals surface area contributed by atoms with Crippen LogP contribution in [0.25, 0.3) is 0 Å². The minimum Gasteiger partial charge on any atom is -0.338 e. The summed E-state index contributed by atoms with van der Waals surface area (Å²) in [6.45, 7) is 1.53. The van der Waals surface area contributed by atoms with E-state index in [-0.39, 0.29) is 12.0 Å². The number of likely N-dealkylation sites (tertiary alicyclic amines) is 1. The maximum absolute atomic E-state index is 12.9. The maximum Gasteiger partial charge on any atom is 0.225 e. The van der Waals surface area contributed by atoms with Gasteiger partial charge in [0.15, 0.2) is 0 Å². The summed E-state index contributed by atoms with van der Waals surface area (Å²) >= 11 is 0. The van der Waals surface area contributed by atoms with Crippen LogP contribution in [0, 0.1) is 17.8 Å². The first-order valence-corrected chi connectivity index (χ1v) is 8.47. The average Bonchev–Trinajstić information content (AvgIpc) is 2.46. The Kier molecular flexibility index (Phi) is 4.32. The molecular formula is C16H29N3O. The van der Waals surface area contributed by atoms with E-state index >= 15 is 0 Å². The molecule has 4 N–H and O–H groups in total. The summed E-state index contributed by atoms with van der Waals surface area (Å²) in [5.74, 6) is 1.76. The van der Waals surface area contributed by atoms with Crippen molar-refractivity contribution in [2.45, 2.75) is 63.5 Å². The van der Waals surface area contributed by atoms with Crippen LogP contribution in [0.1, 0.15) is 51.4 Å². The van der Waals surface area contributed by atoms with E-state index in [1.807, 2.05) is 0 Å². The van der Waals surface area contributed by atoms with Gasteiger partial charge in [-0.05, 0) is 56.8 Å². The first-order chi connectivity index (χ1) is 9.70. The number of nitrogens with zero attached hydrogens (tertiary/aromatic N) is 1. The number of nitrogens with two attached hydrogens (primary N) is 2. The van der Waals surface area contributed by atoms with Gasteiger partial charge in [0.25, 0.3) is 0 Å². The predicted octanol–water partition coefficient (Wildman–Crippen LogP) is 1.48. The van der Waals surface area contributed by atoms with Crippen LogP contribution in [0.2, 0.25) is 0 Å². The molecule has 3 fully saturated rings. The monoisotopic (exact) mass is 279 g/mol. The topological polar surface area (TPSA) is 72.3 Å². The van der Waals surface area contributed by atoms with Gasteiger partial charge in [-0.3, -0.25) is 4.79 Å². The van der Waals surface area contributed by atoms with Gasteiger partial charge in [-0.25, -0.2) is 0 Å². The molecule has 2 saturated carbocycles. The molecule has 3 aliphatic rings. The fourth-order valence-electron chi connectivity index (χ4n) is 4.76. The Balaban J connectivity index is 1.68. The van der Waals surface area contributed by atoms with Gasteiger partial charge in [0.2, 0.25) is 5.91 Å². The summed E-state index contributed by atoms with van der Waals surface area (Å²) in [5.41, 5.74) is 12.2. The van der Waals surface area contributed by atoms with E-state index in [4.69, 9.17) is 11.5 Å². The minimum absolute atomic E-state index is 0.220. The summed E-state index contributed by atoms with van der Waals surface area (Å²) in [5, 5.41) is 0. The Hall–Kier alpha value is -0.610. The second-order valence-corrected chi connectivity index (χ2v) is 7.11. The van der Waals surface area contributed by atoms with Crippen molar-refractivity contribution in [1.29, 1.82) is 0 Å². The molecule has 3 unspecified atom stereocenters. The quantitative estimate of drug-likeness (QED) is 0.804. The lowest BCUT2D eigenvalue weighted by Gasteiger charge is -2.46. The van der Waals surface area contributed by atoms with Crippen LogP contribution < -0.4 is 11.5 Å². The Bertz CT molecular complexity index is 346. The Morgan fingerprint density at radius 1 is 1.05 bits per heavy atom. The van der Waals surface area contributed by atoms with E-state index in [1.165, 1.54) is 25.7 Å². The van der Waals surface area contributed by atoms with Gasteiger partial charge < -0.3 is 16.4 Å². The highest BCUT2D eigenvalue weighted by Gasteiger charge is 2.42. The van der Waals surface area contributed by atoms with Crippen LogP contribution in [0.15, 0.2) is 0 Å². The molecule has 1 aliphatic heterocycles. The molecule has 3 atom stereocenters. The highest BCUT2D eigenvalue weighted by molar-refractivity contribution is 5.79. The van der Waals surface area contributed by atoms with Crippen molar-refractivity contribution in [2.24, 2.45) is 29.2 Å². The molecule has 2 aliphatic carbocycles. The van der Waals surface area contributed by atoms with Crippen molar-refractivity contribution in [3.8, 4) is 0 Å².